The molecule has 0 N–H and O–H groups in total. The average molecular weight is 745 g/mol. The van der Waals surface area contributed by atoms with Crippen LogP contribution in [0.5, 0.6) is 0 Å². The lowest BCUT2D eigenvalue weighted by Gasteiger charge is -2.12. The summed E-state index contributed by atoms with van der Waals surface area (Å²) in [4.78, 5) is 15.2. The maximum absolute atomic E-state index is 6.26. The SMILES string of the molecule is C=Cc1nc(-c2ccc(-c3ccc(-c4cc(-c5ccc(-c6ccccc6)cc5)nc(-c5ccc6c(c5)oc5ccccc56)n4)cc3)cc2)n(-c2ccccc2)c1C=C. The van der Waals surface area contributed by atoms with Gasteiger partial charge in [-0.3, -0.25) is 4.57 Å². The van der Waals surface area contributed by atoms with E-state index in [1.807, 2.05) is 54.6 Å². The van der Waals surface area contributed by atoms with Crippen molar-refractivity contribution in [1.29, 1.82) is 0 Å². The van der Waals surface area contributed by atoms with Crippen molar-refractivity contribution in [2.45, 2.75) is 0 Å². The largest absolute Gasteiger partial charge is 0.456 e. The van der Waals surface area contributed by atoms with Crippen LogP contribution in [0.15, 0.2) is 200 Å². The Morgan fingerprint density at radius 2 is 0.914 bits per heavy atom. The van der Waals surface area contributed by atoms with E-state index in [2.05, 4.69) is 151 Å². The fraction of sp³-hybridized carbons (Fsp3) is 0. The second-order valence-electron chi connectivity index (χ2n) is 14.2. The van der Waals surface area contributed by atoms with Crippen molar-refractivity contribution >= 4 is 34.1 Å². The predicted octanol–water partition coefficient (Wildman–Crippen LogP) is 13.8. The molecule has 0 radical (unpaired) electrons. The summed E-state index contributed by atoms with van der Waals surface area (Å²) in [6, 6.07) is 62.7. The maximum Gasteiger partial charge on any atom is 0.160 e. The minimum atomic E-state index is 0.634. The van der Waals surface area contributed by atoms with Crippen LogP contribution in [-0.4, -0.2) is 19.5 Å². The summed E-state index contributed by atoms with van der Waals surface area (Å²) in [5.74, 6) is 1.47. The molecule has 5 heteroatoms. The van der Waals surface area contributed by atoms with Gasteiger partial charge in [-0.1, -0.05) is 159 Å². The standard InChI is InChI=1S/C53H36N4O/c1-3-46-49(4-2)57(43-15-9-6-10-16-43)53(56-46)41-29-23-38(24-30-41)37-21-27-40(28-22-37)48-34-47(39-25-19-36(20-26-39)35-13-7-5-8-14-35)54-52(55-48)42-31-32-45-44-17-11-12-18-50(44)58-51(45)33-42/h3-34H,1-2H2. The van der Waals surface area contributed by atoms with E-state index >= 15 is 0 Å². The molecule has 5 nitrogen and oxygen atoms in total. The molecule has 0 saturated heterocycles. The van der Waals surface area contributed by atoms with Crippen molar-refractivity contribution in [2.24, 2.45) is 0 Å². The molecule has 0 amide bonds. The first-order chi connectivity index (χ1) is 28.6. The summed E-state index contributed by atoms with van der Waals surface area (Å²) in [5.41, 5.74) is 14.5. The highest BCUT2D eigenvalue weighted by Crippen LogP contribution is 2.35. The lowest BCUT2D eigenvalue weighted by Crippen LogP contribution is -1.99. The van der Waals surface area contributed by atoms with Crippen molar-refractivity contribution in [2.75, 3.05) is 0 Å². The Morgan fingerprint density at radius 1 is 0.414 bits per heavy atom. The number of para-hydroxylation sites is 2. The number of hydrogen-bond donors (Lipinski definition) is 0. The molecule has 0 aliphatic carbocycles. The molecular formula is C53H36N4O. The third kappa shape index (κ3) is 6.31. The zero-order valence-corrected chi connectivity index (χ0v) is 31.6. The molecule has 3 heterocycles. The minimum absolute atomic E-state index is 0.634. The van der Waals surface area contributed by atoms with Gasteiger partial charge >= 0.3 is 0 Å². The van der Waals surface area contributed by atoms with Gasteiger partial charge in [0.05, 0.1) is 22.8 Å². The number of furan rings is 1. The smallest absolute Gasteiger partial charge is 0.160 e. The molecular weight excluding hydrogens is 709 g/mol. The molecule has 0 aliphatic heterocycles. The quantitative estimate of drug-likeness (QED) is 0.148. The number of fused-ring (bicyclic) bond motifs is 3. The van der Waals surface area contributed by atoms with Crippen molar-refractivity contribution in [1.82, 2.24) is 19.5 Å². The van der Waals surface area contributed by atoms with E-state index in [4.69, 9.17) is 19.4 Å². The molecule has 0 saturated carbocycles. The molecule has 0 fully saturated rings. The molecule has 10 aromatic rings. The van der Waals surface area contributed by atoms with Gasteiger partial charge < -0.3 is 4.42 Å². The number of aromatic nitrogens is 4. The first-order valence-corrected chi connectivity index (χ1v) is 19.2. The summed E-state index contributed by atoms with van der Waals surface area (Å²) in [6.45, 7) is 8.07. The molecule has 0 atom stereocenters. The Hall–Kier alpha value is -7.89. The van der Waals surface area contributed by atoms with Gasteiger partial charge in [-0.05, 0) is 70.8 Å². The Morgan fingerprint density at radius 3 is 1.52 bits per heavy atom. The number of benzene rings is 7. The van der Waals surface area contributed by atoms with Crippen molar-refractivity contribution in [3.8, 4) is 73.2 Å². The zero-order chi connectivity index (χ0) is 39.0. The lowest BCUT2D eigenvalue weighted by atomic mass is 9.99. The molecule has 10 rings (SSSR count). The fourth-order valence-corrected chi connectivity index (χ4v) is 7.67. The Balaban J connectivity index is 1.01. The van der Waals surface area contributed by atoms with Crippen molar-refractivity contribution < 1.29 is 4.42 Å². The number of rotatable bonds is 9. The topological polar surface area (TPSA) is 56.7 Å². The van der Waals surface area contributed by atoms with Crippen LogP contribution < -0.4 is 0 Å². The first kappa shape index (κ1) is 34.6. The Kier molecular flexibility index (Phi) is 8.73. The van der Waals surface area contributed by atoms with E-state index in [0.29, 0.717) is 5.82 Å². The van der Waals surface area contributed by atoms with E-state index in [-0.39, 0.29) is 0 Å². The van der Waals surface area contributed by atoms with Crippen LogP contribution in [0, 0.1) is 0 Å². The number of nitrogens with zero attached hydrogens (tertiary/aromatic N) is 4. The summed E-state index contributed by atoms with van der Waals surface area (Å²) >= 11 is 0. The van der Waals surface area contributed by atoms with Gasteiger partial charge in [-0.2, -0.15) is 0 Å². The van der Waals surface area contributed by atoms with E-state index in [1.54, 1.807) is 6.08 Å². The fourth-order valence-electron chi connectivity index (χ4n) is 7.67. The Labute approximate surface area is 336 Å². The van der Waals surface area contributed by atoms with Crippen LogP contribution in [0.1, 0.15) is 11.4 Å². The highest BCUT2D eigenvalue weighted by atomic mass is 16.3. The predicted molar refractivity (Wildman–Crippen MR) is 239 cm³/mol. The zero-order valence-electron chi connectivity index (χ0n) is 31.6. The van der Waals surface area contributed by atoms with Crippen molar-refractivity contribution in [3.63, 3.8) is 0 Å². The monoisotopic (exact) mass is 744 g/mol. The Bertz CT molecular complexity index is 3100. The van der Waals surface area contributed by atoms with E-state index in [1.165, 1.54) is 5.56 Å². The molecule has 274 valence electrons. The summed E-state index contributed by atoms with van der Waals surface area (Å²) < 4.78 is 8.39. The van der Waals surface area contributed by atoms with Gasteiger partial charge in [0.2, 0.25) is 0 Å². The lowest BCUT2D eigenvalue weighted by molar-refractivity contribution is 0.669. The summed E-state index contributed by atoms with van der Waals surface area (Å²) in [6.07, 6.45) is 3.61. The van der Waals surface area contributed by atoms with Gasteiger partial charge in [0.25, 0.3) is 0 Å². The highest BCUT2D eigenvalue weighted by Gasteiger charge is 2.18. The molecule has 0 bridgehead atoms. The first-order valence-electron chi connectivity index (χ1n) is 19.2. The van der Waals surface area contributed by atoms with Crippen LogP contribution >= 0.6 is 0 Å². The molecule has 7 aromatic carbocycles. The van der Waals surface area contributed by atoms with Gasteiger partial charge in [-0.15, -0.1) is 0 Å². The van der Waals surface area contributed by atoms with Crippen LogP contribution in [0.3, 0.4) is 0 Å². The molecule has 0 aliphatic rings. The number of imidazole rings is 1. The van der Waals surface area contributed by atoms with Crippen molar-refractivity contribution in [3.05, 3.63) is 207 Å². The summed E-state index contributed by atoms with van der Waals surface area (Å²) in [5, 5.41) is 2.16. The van der Waals surface area contributed by atoms with E-state index in [9.17, 15) is 0 Å². The molecule has 58 heavy (non-hydrogen) atoms. The van der Waals surface area contributed by atoms with Crippen LogP contribution in [-0.2, 0) is 0 Å². The summed E-state index contributed by atoms with van der Waals surface area (Å²) in [7, 11) is 0. The van der Waals surface area contributed by atoms with Crippen LogP contribution in [0.4, 0.5) is 0 Å². The van der Waals surface area contributed by atoms with Gasteiger partial charge in [-0.25, -0.2) is 15.0 Å². The third-order valence-electron chi connectivity index (χ3n) is 10.7. The third-order valence-corrected chi connectivity index (χ3v) is 10.7. The maximum atomic E-state index is 6.26. The second kappa shape index (κ2) is 14.6. The minimum Gasteiger partial charge on any atom is -0.456 e. The molecule has 0 unspecified atom stereocenters. The van der Waals surface area contributed by atoms with E-state index < -0.39 is 0 Å². The second-order valence-corrected chi connectivity index (χ2v) is 14.2. The van der Waals surface area contributed by atoms with Crippen LogP contribution in [0.2, 0.25) is 0 Å². The molecule has 3 aromatic heterocycles. The normalized spacial score (nSPS) is 11.2. The van der Waals surface area contributed by atoms with Gasteiger partial charge in [0.1, 0.15) is 17.0 Å². The average Bonchev–Trinajstić information content (AvgIpc) is 3.88. The van der Waals surface area contributed by atoms with Gasteiger partial charge in [0, 0.05) is 38.7 Å². The number of hydrogen-bond acceptors (Lipinski definition) is 4. The van der Waals surface area contributed by atoms with Gasteiger partial charge in [0.15, 0.2) is 5.82 Å². The molecule has 0 spiro atoms. The van der Waals surface area contributed by atoms with E-state index in [0.717, 1.165) is 95.2 Å². The van der Waals surface area contributed by atoms with Crippen LogP contribution in [0.25, 0.3) is 107 Å². The highest BCUT2D eigenvalue weighted by molar-refractivity contribution is 6.05.